The number of para-hydroxylation sites is 1. The molecule has 0 radical (unpaired) electrons. The van der Waals surface area contributed by atoms with Gasteiger partial charge in [-0.2, -0.15) is 0 Å². The molecule has 3 aromatic rings. The van der Waals surface area contributed by atoms with Crippen LogP contribution in [0.4, 0.5) is 5.69 Å². The van der Waals surface area contributed by atoms with Crippen molar-refractivity contribution in [1.29, 1.82) is 0 Å². The van der Waals surface area contributed by atoms with Gasteiger partial charge in [0, 0.05) is 30.7 Å². The number of hydrogen-bond donors (Lipinski definition) is 0. The van der Waals surface area contributed by atoms with E-state index in [1.54, 1.807) is 0 Å². The van der Waals surface area contributed by atoms with Gasteiger partial charge >= 0.3 is 0 Å². The zero-order valence-corrected chi connectivity index (χ0v) is 11.9. The zero-order valence-electron chi connectivity index (χ0n) is 11.9. The van der Waals surface area contributed by atoms with Crippen molar-refractivity contribution in [3.8, 4) is 5.69 Å². The summed E-state index contributed by atoms with van der Waals surface area (Å²) in [6, 6.07) is 19.4. The second kappa shape index (κ2) is 5.26. The van der Waals surface area contributed by atoms with E-state index in [0.717, 1.165) is 26.3 Å². The van der Waals surface area contributed by atoms with E-state index in [0.29, 0.717) is 0 Å². The summed E-state index contributed by atoms with van der Waals surface area (Å²) in [6.07, 6.45) is 2.13. The molecule has 4 rings (SSSR count). The Morgan fingerprint density at radius 3 is 2.29 bits per heavy atom. The van der Waals surface area contributed by atoms with Gasteiger partial charge in [-0.25, -0.2) is 0 Å². The number of fused-ring (bicyclic) bond motifs is 1. The minimum Gasteiger partial charge on any atom is -0.378 e. The molecule has 0 aliphatic carbocycles. The Bertz CT molecular complexity index is 739. The Hall–Kier alpha value is -2.26. The predicted molar refractivity (Wildman–Crippen MR) is 86.3 cm³/mol. The third-order valence-corrected chi connectivity index (χ3v) is 4.10. The molecule has 106 valence electrons. The molecule has 0 saturated carbocycles. The SMILES string of the molecule is c1ccc2c(c1)ccn2-c1ccc(N2CCOCC2)cc1. The summed E-state index contributed by atoms with van der Waals surface area (Å²) in [5.74, 6) is 0. The maximum absolute atomic E-state index is 5.41. The lowest BCUT2D eigenvalue weighted by atomic mass is 10.2. The van der Waals surface area contributed by atoms with Crippen LogP contribution in [-0.2, 0) is 4.74 Å². The molecule has 3 heteroatoms. The molecule has 0 amide bonds. The third kappa shape index (κ3) is 2.30. The first-order valence-corrected chi connectivity index (χ1v) is 7.41. The second-order valence-corrected chi connectivity index (χ2v) is 5.36. The maximum atomic E-state index is 5.41. The summed E-state index contributed by atoms with van der Waals surface area (Å²) in [5.41, 5.74) is 3.73. The van der Waals surface area contributed by atoms with Crippen LogP contribution in [0.5, 0.6) is 0 Å². The minimum absolute atomic E-state index is 0.823. The van der Waals surface area contributed by atoms with Gasteiger partial charge in [-0.3, -0.25) is 0 Å². The lowest BCUT2D eigenvalue weighted by Crippen LogP contribution is -2.36. The van der Waals surface area contributed by atoms with Crippen LogP contribution in [0.3, 0.4) is 0 Å². The van der Waals surface area contributed by atoms with E-state index in [-0.39, 0.29) is 0 Å². The summed E-state index contributed by atoms with van der Waals surface area (Å²) >= 11 is 0. The van der Waals surface area contributed by atoms with Crippen LogP contribution >= 0.6 is 0 Å². The molecule has 2 aromatic carbocycles. The quantitative estimate of drug-likeness (QED) is 0.714. The van der Waals surface area contributed by atoms with E-state index >= 15 is 0 Å². The van der Waals surface area contributed by atoms with Crippen molar-refractivity contribution in [3.63, 3.8) is 0 Å². The van der Waals surface area contributed by atoms with Gasteiger partial charge in [0.05, 0.1) is 18.7 Å². The van der Waals surface area contributed by atoms with Gasteiger partial charge in [0.25, 0.3) is 0 Å². The molecule has 1 aliphatic rings. The predicted octanol–water partition coefficient (Wildman–Crippen LogP) is 3.47. The molecule has 0 atom stereocenters. The van der Waals surface area contributed by atoms with Crippen molar-refractivity contribution >= 4 is 16.6 Å². The first-order chi connectivity index (χ1) is 10.4. The monoisotopic (exact) mass is 278 g/mol. The van der Waals surface area contributed by atoms with E-state index in [2.05, 4.69) is 70.3 Å². The number of morpholine rings is 1. The van der Waals surface area contributed by atoms with Crippen LogP contribution in [0.2, 0.25) is 0 Å². The molecule has 2 heterocycles. The first-order valence-electron chi connectivity index (χ1n) is 7.41. The number of ether oxygens (including phenoxy) is 1. The normalized spacial score (nSPS) is 15.5. The van der Waals surface area contributed by atoms with Gasteiger partial charge in [-0.05, 0) is 41.8 Å². The van der Waals surface area contributed by atoms with Gasteiger partial charge in [-0.15, -0.1) is 0 Å². The van der Waals surface area contributed by atoms with E-state index in [1.807, 2.05) is 0 Å². The van der Waals surface area contributed by atoms with Gasteiger partial charge in [0.15, 0.2) is 0 Å². The highest BCUT2D eigenvalue weighted by Crippen LogP contribution is 2.23. The minimum atomic E-state index is 0.823. The average molecular weight is 278 g/mol. The smallest absolute Gasteiger partial charge is 0.0642 e. The molecule has 0 N–H and O–H groups in total. The molecule has 1 saturated heterocycles. The van der Waals surface area contributed by atoms with Crippen LogP contribution in [0.15, 0.2) is 60.8 Å². The number of aromatic nitrogens is 1. The summed E-state index contributed by atoms with van der Waals surface area (Å²) < 4.78 is 7.64. The summed E-state index contributed by atoms with van der Waals surface area (Å²) in [4.78, 5) is 2.38. The fraction of sp³-hybridized carbons (Fsp3) is 0.222. The standard InChI is InChI=1S/C18H18N2O/c1-2-4-18-15(3-1)9-10-20(18)17-7-5-16(6-8-17)19-11-13-21-14-12-19/h1-10H,11-14H2. The first kappa shape index (κ1) is 12.5. The summed E-state index contributed by atoms with van der Waals surface area (Å²) in [5, 5.41) is 1.27. The van der Waals surface area contributed by atoms with Crippen LogP contribution < -0.4 is 4.90 Å². The highest BCUT2D eigenvalue weighted by molar-refractivity contribution is 5.81. The second-order valence-electron chi connectivity index (χ2n) is 5.36. The molecule has 21 heavy (non-hydrogen) atoms. The van der Waals surface area contributed by atoms with Crippen molar-refractivity contribution in [3.05, 3.63) is 60.8 Å². The zero-order chi connectivity index (χ0) is 14.1. The average Bonchev–Trinajstić information content (AvgIpc) is 3.00. The highest BCUT2D eigenvalue weighted by Gasteiger charge is 2.11. The molecule has 0 unspecified atom stereocenters. The topological polar surface area (TPSA) is 17.4 Å². The van der Waals surface area contributed by atoms with Crippen LogP contribution in [-0.4, -0.2) is 30.9 Å². The van der Waals surface area contributed by atoms with E-state index in [9.17, 15) is 0 Å². The molecule has 1 fully saturated rings. The number of anilines is 1. The van der Waals surface area contributed by atoms with Crippen molar-refractivity contribution in [2.45, 2.75) is 0 Å². The molecule has 3 nitrogen and oxygen atoms in total. The number of rotatable bonds is 2. The van der Waals surface area contributed by atoms with Crippen molar-refractivity contribution < 1.29 is 4.74 Å². The molecular formula is C18H18N2O. The maximum Gasteiger partial charge on any atom is 0.0642 e. The third-order valence-electron chi connectivity index (χ3n) is 4.10. The van der Waals surface area contributed by atoms with Crippen molar-refractivity contribution in [2.75, 3.05) is 31.2 Å². The van der Waals surface area contributed by atoms with E-state index < -0.39 is 0 Å². The number of benzene rings is 2. The molecule has 0 bridgehead atoms. The van der Waals surface area contributed by atoms with Gasteiger partial charge in [0.2, 0.25) is 0 Å². The van der Waals surface area contributed by atoms with Crippen LogP contribution in [0, 0.1) is 0 Å². The fourth-order valence-electron chi connectivity index (χ4n) is 2.95. The lowest BCUT2D eigenvalue weighted by Gasteiger charge is -2.29. The number of hydrogen-bond acceptors (Lipinski definition) is 2. The Morgan fingerprint density at radius 1 is 0.762 bits per heavy atom. The lowest BCUT2D eigenvalue weighted by molar-refractivity contribution is 0.122. The van der Waals surface area contributed by atoms with E-state index in [1.165, 1.54) is 22.3 Å². The largest absolute Gasteiger partial charge is 0.378 e. The van der Waals surface area contributed by atoms with Crippen LogP contribution in [0.1, 0.15) is 0 Å². The van der Waals surface area contributed by atoms with Crippen LogP contribution in [0.25, 0.3) is 16.6 Å². The van der Waals surface area contributed by atoms with Gasteiger partial charge in [-0.1, -0.05) is 18.2 Å². The Morgan fingerprint density at radius 2 is 1.48 bits per heavy atom. The number of nitrogens with zero attached hydrogens (tertiary/aromatic N) is 2. The summed E-state index contributed by atoms with van der Waals surface area (Å²) in [7, 11) is 0. The summed E-state index contributed by atoms with van der Waals surface area (Å²) in [6.45, 7) is 3.60. The molecular weight excluding hydrogens is 260 g/mol. The molecule has 1 aliphatic heterocycles. The van der Waals surface area contributed by atoms with Crippen molar-refractivity contribution in [2.24, 2.45) is 0 Å². The highest BCUT2D eigenvalue weighted by atomic mass is 16.5. The Labute approximate surface area is 124 Å². The van der Waals surface area contributed by atoms with Gasteiger partial charge in [0.1, 0.15) is 0 Å². The van der Waals surface area contributed by atoms with Gasteiger partial charge < -0.3 is 14.2 Å². The van der Waals surface area contributed by atoms with Crippen molar-refractivity contribution in [1.82, 2.24) is 4.57 Å². The molecule has 0 spiro atoms. The molecule has 1 aromatic heterocycles. The Kier molecular flexibility index (Phi) is 3.13. The van der Waals surface area contributed by atoms with E-state index in [4.69, 9.17) is 4.74 Å². The fourth-order valence-corrected chi connectivity index (χ4v) is 2.95. The Balaban J connectivity index is 1.67.